The lowest BCUT2D eigenvalue weighted by Gasteiger charge is -2.22. The first-order valence-electron chi connectivity index (χ1n) is 8.58. The van der Waals surface area contributed by atoms with E-state index in [2.05, 4.69) is 60.8 Å². The number of rotatable bonds is 3. The summed E-state index contributed by atoms with van der Waals surface area (Å²) in [5.41, 5.74) is 5.92. The number of amides is 1. The minimum atomic E-state index is 0.0293. The molecule has 1 aliphatic rings. The van der Waals surface area contributed by atoms with E-state index in [0.29, 0.717) is 18.8 Å². The molecule has 2 aromatic carbocycles. The van der Waals surface area contributed by atoms with Gasteiger partial charge in [0.15, 0.2) is 5.82 Å². The fraction of sp³-hybridized carbons (Fsp3) is 0.238. The number of aryl methyl sites for hydroxylation is 2. The summed E-state index contributed by atoms with van der Waals surface area (Å²) in [7, 11) is 0. The summed E-state index contributed by atoms with van der Waals surface area (Å²) < 4.78 is 1.92. The van der Waals surface area contributed by atoms with Crippen LogP contribution in [-0.4, -0.2) is 15.7 Å². The zero-order valence-corrected chi connectivity index (χ0v) is 14.5. The zero-order valence-electron chi connectivity index (χ0n) is 14.5. The van der Waals surface area contributed by atoms with Gasteiger partial charge in [-0.15, -0.1) is 0 Å². The molecule has 0 bridgehead atoms. The Balaban J connectivity index is 1.71. The van der Waals surface area contributed by atoms with Crippen LogP contribution in [0.2, 0.25) is 0 Å². The van der Waals surface area contributed by atoms with Crippen LogP contribution in [0.3, 0.4) is 0 Å². The number of hydrogen-bond acceptors (Lipinski definition) is 2. The summed E-state index contributed by atoms with van der Waals surface area (Å²) in [5.74, 6) is 0.782. The van der Waals surface area contributed by atoms with Gasteiger partial charge in [-0.1, -0.05) is 59.7 Å². The number of aromatic nitrogens is 2. The summed E-state index contributed by atoms with van der Waals surface area (Å²) in [5, 5.41) is 7.53. The Kier molecular flexibility index (Phi) is 3.88. The topological polar surface area (TPSA) is 46.9 Å². The van der Waals surface area contributed by atoms with Crippen molar-refractivity contribution in [3.8, 4) is 0 Å². The van der Waals surface area contributed by atoms with E-state index in [9.17, 15) is 4.79 Å². The molecule has 1 aromatic heterocycles. The van der Waals surface area contributed by atoms with Crippen molar-refractivity contribution in [2.24, 2.45) is 0 Å². The number of anilines is 1. The molecule has 1 atom stereocenters. The smallest absolute Gasteiger partial charge is 0.226 e. The van der Waals surface area contributed by atoms with Crippen LogP contribution in [0, 0.1) is 13.8 Å². The van der Waals surface area contributed by atoms with E-state index in [1.807, 2.05) is 22.9 Å². The van der Waals surface area contributed by atoms with Gasteiger partial charge in [-0.3, -0.25) is 9.48 Å². The second-order valence-electron chi connectivity index (χ2n) is 6.84. The number of carbonyl (C=O) groups is 1. The normalized spacial score (nSPS) is 16.4. The molecule has 1 aliphatic heterocycles. The summed E-state index contributed by atoms with van der Waals surface area (Å²) in [6.07, 6.45) is 2.54. The minimum Gasteiger partial charge on any atom is -0.309 e. The molecule has 0 saturated heterocycles. The Morgan fingerprint density at radius 3 is 2.56 bits per heavy atom. The summed E-state index contributed by atoms with van der Waals surface area (Å²) in [4.78, 5) is 12.2. The van der Waals surface area contributed by atoms with Crippen LogP contribution in [-0.2, 0) is 11.3 Å². The standard InChI is InChI=1S/C21H21N3O/c1-14-8-15(2)10-17(9-14)18-11-20(25)22-21-19(18)13-24(23-21)12-16-6-4-3-5-7-16/h3-10,13,18H,11-12H2,1-2H3,(H,22,23,25). The average Bonchev–Trinajstić information content (AvgIpc) is 2.96. The van der Waals surface area contributed by atoms with Gasteiger partial charge in [0.05, 0.1) is 6.54 Å². The van der Waals surface area contributed by atoms with Crippen LogP contribution in [0.25, 0.3) is 0 Å². The molecular formula is C21H21N3O. The molecule has 1 amide bonds. The molecule has 0 spiro atoms. The maximum atomic E-state index is 12.2. The predicted octanol–water partition coefficient (Wildman–Crippen LogP) is 4.02. The number of benzene rings is 2. The molecular weight excluding hydrogens is 310 g/mol. The van der Waals surface area contributed by atoms with Gasteiger partial charge >= 0.3 is 0 Å². The van der Waals surface area contributed by atoms with Crippen molar-refractivity contribution in [2.45, 2.75) is 32.7 Å². The van der Waals surface area contributed by atoms with Gasteiger partial charge in [0.25, 0.3) is 0 Å². The van der Waals surface area contributed by atoms with Crippen LogP contribution >= 0.6 is 0 Å². The van der Waals surface area contributed by atoms with Crippen molar-refractivity contribution >= 4 is 11.7 Å². The Morgan fingerprint density at radius 1 is 1.12 bits per heavy atom. The zero-order chi connectivity index (χ0) is 17.4. The van der Waals surface area contributed by atoms with Crippen LogP contribution < -0.4 is 5.32 Å². The molecule has 0 saturated carbocycles. The first-order chi connectivity index (χ1) is 12.1. The third-order valence-corrected chi connectivity index (χ3v) is 4.65. The number of hydrogen-bond donors (Lipinski definition) is 1. The van der Waals surface area contributed by atoms with Gasteiger partial charge in [-0.25, -0.2) is 0 Å². The highest BCUT2D eigenvalue weighted by Gasteiger charge is 2.29. The van der Waals surface area contributed by atoms with Crippen molar-refractivity contribution in [3.63, 3.8) is 0 Å². The maximum absolute atomic E-state index is 12.2. The van der Waals surface area contributed by atoms with Gasteiger partial charge in [0.1, 0.15) is 0 Å². The number of nitrogens with zero attached hydrogens (tertiary/aromatic N) is 2. The molecule has 3 aromatic rings. The van der Waals surface area contributed by atoms with Gasteiger partial charge in [-0.05, 0) is 25.0 Å². The highest BCUT2D eigenvalue weighted by molar-refractivity contribution is 5.94. The molecule has 4 heteroatoms. The lowest BCUT2D eigenvalue weighted by molar-refractivity contribution is -0.116. The first-order valence-corrected chi connectivity index (χ1v) is 8.58. The van der Waals surface area contributed by atoms with Crippen LogP contribution in [0.1, 0.15) is 40.2 Å². The van der Waals surface area contributed by atoms with Gasteiger partial charge in [0, 0.05) is 24.1 Å². The Hall–Kier alpha value is -2.88. The average molecular weight is 331 g/mol. The van der Waals surface area contributed by atoms with Crippen molar-refractivity contribution in [1.29, 1.82) is 0 Å². The first kappa shape index (κ1) is 15.6. The molecule has 1 unspecified atom stereocenters. The van der Waals surface area contributed by atoms with E-state index >= 15 is 0 Å². The SMILES string of the molecule is Cc1cc(C)cc(C2CC(=O)Nc3nn(Cc4ccccc4)cc32)c1. The monoisotopic (exact) mass is 331 g/mol. The van der Waals surface area contributed by atoms with E-state index in [0.717, 1.165) is 5.56 Å². The lowest BCUT2D eigenvalue weighted by atomic mass is 9.86. The van der Waals surface area contributed by atoms with E-state index in [4.69, 9.17) is 0 Å². The van der Waals surface area contributed by atoms with Crippen molar-refractivity contribution in [3.05, 3.63) is 82.5 Å². The van der Waals surface area contributed by atoms with Crippen molar-refractivity contribution in [2.75, 3.05) is 5.32 Å². The van der Waals surface area contributed by atoms with E-state index in [1.54, 1.807) is 0 Å². The number of nitrogens with one attached hydrogen (secondary N) is 1. The predicted molar refractivity (Wildman–Crippen MR) is 98.8 cm³/mol. The maximum Gasteiger partial charge on any atom is 0.226 e. The van der Waals surface area contributed by atoms with E-state index < -0.39 is 0 Å². The highest BCUT2D eigenvalue weighted by Crippen LogP contribution is 2.37. The molecule has 2 heterocycles. The Labute approximate surface area is 147 Å². The molecule has 0 radical (unpaired) electrons. The van der Waals surface area contributed by atoms with E-state index in [-0.39, 0.29) is 11.8 Å². The van der Waals surface area contributed by atoms with Gasteiger partial charge < -0.3 is 5.32 Å². The largest absolute Gasteiger partial charge is 0.309 e. The summed E-state index contributed by atoms with van der Waals surface area (Å²) >= 11 is 0. The lowest BCUT2D eigenvalue weighted by Crippen LogP contribution is -2.23. The van der Waals surface area contributed by atoms with Gasteiger partial charge in [0.2, 0.25) is 5.91 Å². The Bertz CT molecular complexity index is 907. The third-order valence-electron chi connectivity index (χ3n) is 4.65. The fourth-order valence-electron chi connectivity index (χ4n) is 3.63. The number of fused-ring (bicyclic) bond motifs is 1. The van der Waals surface area contributed by atoms with Crippen LogP contribution in [0.4, 0.5) is 5.82 Å². The van der Waals surface area contributed by atoms with Crippen molar-refractivity contribution < 1.29 is 4.79 Å². The summed E-state index contributed by atoms with van der Waals surface area (Å²) in [6.45, 7) is 4.89. The molecule has 4 nitrogen and oxygen atoms in total. The third kappa shape index (κ3) is 3.20. The molecule has 4 rings (SSSR count). The van der Waals surface area contributed by atoms with Crippen LogP contribution in [0.5, 0.6) is 0 Å². The molecule has 0 aliphatic carbocycles. The second kappa shape index (κ2) is 6.20. The fourth-order valence-corrected chi connectivity index (χ4v) is 3.63. The van der Waals surface area contributed by atoms with Crippen molar-refractivity contribution in [1.82, 2.24) is 9.78 Å². The molecule has 126 valence electrons. The number of carbonyl (C=O) groups excluding carboxylic acids is 1. The van der Waals surface area contributed by atoms with Crippen LogP contribution in [0.15, 0.2) is 54.7 Å². The van der Waals surface area contributed by atoms with Gasteiger partial charge in [-0.2, -0.15) is 5.10 Å². The molecule has 0 fully saturated rings. The quantitative estimate of drug-likeness (QED) is 0.788. The minimum absolute atomic E-state index is 0.0293. The summed E-state index contributed by atoms with van der Waals surface area (Å²) in [6, 6.07) is 16.7. The second-order valence-corrected chi connectivity index (χ2v) is 6.84. The Morgan fingerprint density at radius 2 is 1.84 bits per heavy atom. The van der Waals surface area contributed by atoms with E-state index in [1.165, 1.54) is 22.3 Å². The highest BCUT2D eigenvalue weighted by atomic mass is 16.1. The molecule has 25 heavy (non-hydrogen) atoms. The molecule has 1 N–H and O–H groups in total.